The number of hydrogen-bond acceptors (Lipinski definition) is 2. The molecule has 0 amide bonds. The quantitative estimate of drug-likeness (QED) is 0.765. The Morgan fingerprint density at radius 1 is 1.26 bits per heavy atom. The zero-order valence-electron chi connectivity index (χ0n) is 11.3. The molecule has 1 aromatic rings. The largest absolute Gasteiger partial charge is 0.416 e. The van der Waals surface area contributed by atoms with Gasteiger partial charge in [-0.05, 0) is 44.0 Å². The van der Waals surface area contributed by atoms with Crippen molar-refractivity contribution in [1.82, 2.24) is 5.32 Å². The van der Waals surface area contributed by atoms with Crippen LogP contribution in [-0.4, -0.2) is 20.3 Å². The molecular weight excluding hydrogens is 255 g/mol. The minimum atomic E-state index is -4.28. The second-order valence-electron chi connectivity index (χ2n) is 4.50. The zero-order chi connectivity index (χ0) is 14.3. The number of benzene rings is 1. The third kappa shape index (κ3) is 5.61. The smallest absolute Gasteiger partial charge is 0.385 e. The zero-order valence-corrected chi connectivity index (χ0v) is 11.3. The standard InChI is InChI=1S/C14H20F3NO/c1-11(18-8-3-4-9-19-2)12-6-5-7-13(10-12)14(15,16)17/h5-7,10-11,18H,3-4,8-9H2,1-2H3. The summed E-state index contributed by atoms with van der Waals surface area (Å²) in [5.41, 5.74) is 0.0552. The third-order valence-electron chi connectivity index (χ3n) is 2.94. The molecule has 0 radical (unpaired) electrons. The summed E-state index contributed by atoms with van der Waals surface area (Å²) in [6.45, 7) is 3.34. The SMILES string of the molecule is COCCCCNC(C)c1cccc(C(F)(F)F)c1. The molecule has 5 heteroatoms. The number of unbranched alkanes of at least 4 members (excludes halogenated alkanes) is 1. The van der Waals surface area contributed by atoms with Gasteiger partial charge in [0.1, 0.15) is 0 Å². The van der Waals surface area contributed by atoms with Crippen LogP contribution in [0.4, 0.5) is 13.2 Å². The summed E-state index contributed by atoms with van der Waals surface area (Å²) in [5.74, 6) is 0. The Hall–Kier alpha value is -1.07. The summed E-state index contributed by atoms with van der Waals surface area (Å²) in [4.78, 5) is 0. The lowest BCUT2D eigenvalue weighted by molar-refractivity contribution is -0.137. The van der Waals surface area contributed by atoms with Crippen LogP contribution >= 0.6 is 0 Å². The van der Waals surface area contributed by atoms with Crippen LogP contribution in [0.15, 0.2) is 24.3 Å². The Morgan fingerprint density at radius 3 is 2.63 bits per heavy atom. The van der Waals surface area contributed by atoms with E-state index in [1.165, 1.54) is 12.1 Å². The Kier molecular flexibility index (Phi) is 6.31. The highest BCUT2D eigenvalue weighted by atomic mass is 19.4. The van der Waals surface area contributed by atoms with Gasteiger partial charge in [0.25, 0.3) is 0 Å². The van der Waals surface area contributed by atoms with E-state index in [1.807, 2.05) is 6.92 Å². The van der Waals surface area contributed by atoms with E-state index in [0.717, 1.165) is 25.5 Å². The van der Waals surface area contributed by atoms with Gasteiger partial charge in [0.05, 0.1) is 5.56 Å². The Balaban J connectivity index is 2.50. The molecule has 1 N–H and O–H groups in total. The van der Waals surface area contributed by atoms with Crippen LogP contribution in [0.1, 0.15) is 36.9 Å². The van der Waals surface area contributed by atoms with Crippen molar-refractivity contribution in [3.05, 3.63) is 35.4 Å². The number of nitrogens with one attached hydrogen (secondary N) is 1. The number of ether oxygens (including phenoxy) is 1. The highest BCUT2D eigenvalue weighted by Crippen LogP contribution is 2.30. The molecule has 0 aromatic heterocycles. The first kappa shape index (κ1) is 16.0. The van der Waals surface area contributed by atoms with E-state index in [2.05, 4.69) is 5.32 Å². The molecule has 1 atom stereocenters. The van der Waals surface area contributed by atoms with Gasteiger partial charge in [0.15, 0.2) is 0 Å². The lowest BCUT2D eigenvalue weighted by Gasteiger charge is -2.16. The van der Waals surface area contributed by atoms with Gasteiger partial charge in [-0.2, -0.15) is 13.2 Å². The van der Waals surface area contributed by atoms with Crippen LogP contribution in [0.2, 0.25) is 0 Å². The fourth-order valence-electron chi connectivity index (χ4n) is 1.79. The highest BCUT2D eigenvalue weighted by Gasteiger charge is 2.30. The van der Waals surface area contributed by atoms with Crippen LogP contribution in [0.5, 0.6) is 0 Å². The molecule has 0 saturated heterocycles. The first-order valence-corrected chi connectivity index (χ1v) is 6.34. The predicted molar refractivity (Wildman–Crippen MR) is 69.0 cm³/mol. The van der Waals surface area contributed by atoms with E-state index in [4.69, 9.17) is 4.74 Å². The van der Waals surface area contributed by atoms with Crippen LogP contribution in [0.3, 0.4) is 0 Å². The van der Waals surface area contributed by atoms with E-state index in [0.29, 0.717) is 12.2 Å². The summed E-state index contributed by atoms with van der Waals surface area (Å²) in [6.07, 6.45) is -2.40. The van der Waals surface area contributed by atoms with Crippen molar-refractivity contribution >= 4 is 0 Å². The molecule has 0 heterocycles. The molecule has 0 fully saturated rings. The second-order valence-corrected chi connectivity index (χ2v) is 4.50. The van der Waals surface area contributed by atoms with Gasteiger partial charge < -0.3 is 10.1 Å². The maximum Gasteiger partial charge on any atom is 0.416 e. The summed E-state index contributed by atoms with van der Waals surface area (Å²) in [6, 6.07) is 5.36. The van der Waals surface area contributed by atoms with Crippen molar-refractivity contribution in [2.24, 2.45) is 0 Å². The third-order valence-corrected chi connectivity index (χ3v) is 2.94. The van der Waals surface area contributed by atoms with Crippen molar-refractivity contribution in [3.63, 3.8) is 0 Å². The van der Waals surface area contributed by atoms with Crippen LogP contribution in [-0.2, 0) is 10.9 Å². The molecule has 108 valence electrons. The monoisotopic (exact) mass is 275 g/mol. The van der Waals surface area contributed by atoms with Crippen LogP contribution in [0, 0.1) is 0 Å². The molecule has 19 heavy (non-hydrogen) atoms. The van der Waals surface area contributed by atoms with Gasteiger partial charge >= 0.3 is 6.18 Å². The van der Waals surface area contributed by atoms with Crippen LogP contribution in [0.25, 0.3) is 0 Å². The van der Waals surface area contributed by atoms with E-state index in [-0.39, 0.29) is 6.04 Å². The van der Waals surface area contributed by atoms with Crippen molar-refractivity contribution in [2.75, 3.05) is 20.3 Å². The van der Waals surface area contributed by atoms with Crippen molar-refractivity contribution in [3.8, 4) is 0 Å². The molecule has 2 nitrogen and oxygen atoms in total. The van der Waals surface area contributed by atoms with E-state index in [9.17, 15) is 13.2 Å². The summed E-state index contributed by atoms with van der Waals surface area (Å²) in [7, 11) is 1.65. The molecule has 0 saturated carbocycles. The van der Waals surface area contributed by atoms with E-state index < -0.39 is 11.7 Å². The molecule has 0 bridgehead atoms. The predicted octanol–water partition coefficient (Wildman–Crippen LogP) is 3.78. The minimum absolute atomic E-state index is 0.0927. The number of halogens is 3. The Bertz CT molecular complexity index is 379. The minimum Gasteiger partial charge on any atom is -0.385 e. The van der Waals surface area contributed by atoms with Gasteiger partial charge in [0.2, 0.25) is 0 Å². The van der Waals surface area contributed by atoms with Gasteiger partial charge in [0, 0.05) is 19.8 Å². The molecule has 0 aliphatic carbocycles. The Labute approximate surface area is 112 Å². The van der Waals surface area contributed by atoms with Gasteiger partial charge in [-0.1, -0.05) is 12.1 Å². The molecule has 0 aliphatic rings. The van der Waals surface area contributed by atoms with Crippen LogP contribution < -0.4 is 5.32 Å². The fourth-order valence-corrected chi connectivity index (χ4v) is 1.79. The van der Waals surface area contributed by atoms with Crippen molar-refractivity contribution < 1.29 is 17.9 Å². The van der Waals surface area contributed by atoms with E-state index in [1.54, 1.807) is 13.2 Å². The second kappa shape index (κ2) is 7.50. The van der Waals surface area contributed by atoms with E-state index >= 15 is 0 Å². The lowest BCUT2D eigenvalue weighted by atomic mass is 10.0. The van der Waals surface area contributed by atoms with Crippen molar-refractivity contribution in [2.45, 2.75) is 32.0 Å². The summed E-state index contributed by atoms with van der Waals surface area (Å²) in [5, 5.41) is 3.21. The fraction of sp³-hybridized carbons (Fsp3) is 0.571. The average Bonchev–Trinajstić information content (AvgIpc) is 2.37. The number of alkyl halides is 3. The number of rotatable bonds is 7. The van der Waals surface area contributed by atoms with Gasteiger partial charge in [-0.15, -0.1) is 0 Å². The number of methoxy groups -OCH3 is 1. The molecule has 1 unspecified atom stereocenters. The Morgan fingerprint density at radius 2 is 2.00 bits per heavy atom. The molecule has 0 aliphatic heterocycles. The normalized spacial score (nSPS) is 13.5. The average molecular weight is 275 g/mol. The maximum atomic E-state index is 12.6. The molecular formula is C14H20F3NO. The molecule has 0 spiro atoms. The van der Waals surface area contributed by atoms with Crippen molar-refractivity contribution in [1.29, 1.82) is 0 Å². The number of hydrogen-bond donors (Lipinski definition) is 1. The van der Waals surface area contributed by atoms with Gasteiger partial charge in [-0.25, -0.2) is 0 Å². The first-order chi connectivity index (χ1) is 8.95. The highest BCUT2D eigenvalue weighted by molar-refractivity contribution is 5.27. The first-order valence-electron chi connectivity index (χ1n) is 6.34. The summed E-state index contributed by atoms with van der Waals surface area (Å²) < 4.78 is 42.7. The topological polar surface area (TPSA) is 21.3 Å². The molecule has 1 rings (SSSR count). The summed E-state index contributed by atoms with van der Waals surface area (Å²) >= 11 is 0. The molecule has 1 aromatic carbocycles. The maximum absolute atomic E-state index is 12.6. The van der Waals surface area contributed by atoms with Gasteiger partial charge in [-0.3, -0.25) is 0 Å². The lowest BCUT2D eigenvalue weighted by Crippen LogP contribution is -2.20.